The molecule has 7 nitrogen and oxygen atoms in total. The summed E-state index contributed by atoms with van der Waals surface area (Å²) < 4.78 is 3.93. The Labute approximate surface area is 207 Å². The van der Waals surface area contributed by atoms with Crippen LogP contribution in [0.4, 0.5) is 5.69 Å². The molecule has 3 aromatic rings. The summed E-state index contributed by atoms with van der Waals surface area (Å²) in [6, 6.07) is 12.0. The molecule has 1 aromatic carbocycles. The van der Waals surface area contributed by atoms with E-state index >= 15 is 0 Å². The maximum absolute atomic E-state index is 13.1. The zero-order valence-corrected chi connectivity index (χ0v) is 21.4. The average molecular weight is 477 g/mol. The van der Waals surface area contributed by atoms with Crippen LogP contribution in [-0.4, -0.2) is 39.9 Å². The van der Waals surface area contributed by atoms with E-state index in [9.17, 15) is 14.4 Å². The molecule has 35 heavy (non-hydrogen) atoms. The van der Waals surface area contributed by atoms with Crippen molar-refractivity contribution in [3.63, 3.8) is 0 Å². The van der Waals surface area contributed by atoms with Gasteiger partial charge in [0.1, 0.15) is 5.69 Å². The van der Waals surface area contributed by atoms with Gasteiger partial charge >= 0.3 is 0 Å². The van der Waals surface area contributed by atoms with Crippen molar-refractivity contribution in [2.24, 2.45) is 5.92 Å². The third-order valence-corrected chi connectivity index (χ3v) is 5.79. The number of aryl methyl sites for hydroxylation is 1. The molecule has 2 heterocycles. The number of carbonyl (C=O) groups excluding carboxylic acids is 2. The molecule has 0 saturated heterocycles. The largest absolute Gasteiger partial charge is 0.345 e. The molecule has 0 atom stereocenters. The van der Waals surface area contributed by atoms with Crippen molar-refractivity contribution in [2.45, 2.75) is 53.1 Å². The summed E-state index contributed by atoms with van der Waals surface area (Å²) in [5.74, 6) is 0.169. The van der Waals surface area contributed by atoms with Crippen LogP contribution in [0.5, 0.6) is 0 Å². The third-order valence-electron chi connectivity index (χ3n) is 5.79. The number of fused-ring (bicyclic) bond motifs is 1. The van der Waals surface area contributed by atoms with Gasteiger partial charge in [-0.25, -0.2) is 0 Å². The summed E-state index contributed by atoms with van der Waals surface area (Å²) >= 11 is 0. The van der Waals surface area contributed by atoms with Crippen molar-refractivity contribution in [1.82, 2.24) is 14.0 Å². The van der Waals surface area contributed by atoms with Gasteiger partial charge in [-0.15, -0.1) is 0 Å². The first kappa shape index (κ1) is 26.0. The van der Waals surface area contributed by atoms with Crippen LogP contribution < -0.4 is 10.9 Å². The van der Waals surface area contributed by atoms with Crippen molar-refractivity contribution in [3.05, 3.63) is 76.4 Å². The van der Waals surface area contributed by atoms with Gasteiger partial charge in [0.05, 0.1) is 6.54 Å². The molecular formula is C28H36N4O3. The van der Waals surface area contributed by atoms with E-state index in [2.05, 4.69) is 54.9 Å². The standard InChI is InChI=1S/C28H36N4O3/c1-20(2)18-32-23(17-22-16-21(3)13-14-25(22)32)19-31-15-9-10-24(28(31)35)29-26(33)11-7-6-8-12-27(34)30(4)5/h8-10,12-17,20H,6-7,11,18-19H2,1-5H3,(H,29,33)/b12-8+. The van der Waals surface area contributed by atoms with Crippen LogP contribution >= 0.6 is 0 Å². The number of nitrogens with one attached hydrogen (secondary N) is 1. The summed E-state index contributed by atoms with van der Waals surface area (Å²) in [6.07, 6.45) is 6.52. The number of unbranched alkanes of at least 4 members (excludes halogenated alkanes) is 1. The molecule has 0 saturated carbocycles. The second-order valence-electron chi connectivity index (χ2n) is 9.63. The third kappa shape index (κ3) is 6.94. The number of allylic oxidation sites excluding steroid dienone is 1. The van der Waals surface area contributed by atoms with Gasteiger partial charge in [-0.05, 0) is 62.1 Å². The van der Waals surface area contributed by atoms with Crippen molar-refractivity contribution in [3.8, 4) is 0 Å². The van der Waals surface area contributed by atoms with Crippen LogP contribution in [0, 0.1) is 12.8 Å². The highest BCUT2D eigenvalue weighted by atomic mass is 16.2. The predicted octanol–water partition coefficient (Wildman–Crippen LogP) is 4.57. The van der Waals surface area contributed by atoms with E-state index in [-0.39, 0.29) is 29.5 Å². The lowest BCUT2D eigenvalue weighted by Gasteiger charge is -2.15. The highest BCUT2D eigenvalue weighted by molar-refractivity contribution is 5.90. The lowest BCUT2D eigenvalue weighted by molar-refractivity contribution is -0.123. The Kier molecular flexibility index (Phi) is 8.68. The van der Waals surface area contributed by atoms with Crippen LogP contribution in [0.2, 0.25) is 0 Å². The number of hydrogen-bond acceptors (Lipinski definition) is 3. The quantitative estimate of drug-likeness (QED) is 0.344. The molecule has 3 rings (SSSR count). The van der Waals surface area contributed by atoms with E-state index in [1.54, 1.807) is 43.1 Å². The molecule has 186 valence electrons. The maximum atomic E-state index is 13.1. The van der Waals surface area contributed by atoms with E-state index in [1.807, 2.05) is 0 Å². The Morgan fingerprint density at radius 2 is 1.91 bits per heavy atom. The number of benzene rings is 1. The lowest BCUT2D eigenvalue weighted by Crippen LogP contribution is -2.26. The van der Waals surface area contributed by atoms with E-state index in [4.69, 9.17) is 0 Å². The number of aromatic nitrogens is 2. The SMILES string of the molecule is Cc1ccc2c(c1)cc(Cn1cccc(NC(=O)CCC/C=C/C(=O)N(C)C)c1=O)n2CC(C)C. The number of carbonyl (C=O) groups is 2. The number of hydrogen-bond donors (Lipinski definition) is 1. The Balaban J connectivity index is 1.71. The van der Waals surface area contributed by atoms with Gasteiger partial charge in [-0.3, -0.25) is 14.4 Å². The molecule has 2 amide bonds. The molecule has 0 unspecified atom stereocenters. The highest BCUT2D eigenvalue weighted by Gasteiger charge is 2.13. The number of rotatable bonds is 10. The minimum absolute atomic E-state index is 0.0816. The van der Waals surface area contributed by atoms with Crippen molar-refractivity contribution in [1.29, 1.82) is 0 Å². The van der Waals surface area contributed by atoms with Gasteiger partial charge in [-0.1, -0.05) is 31.6 Å². The first-order valence-corrected chi connectivity index (χ1v) is 12.1. The molecule has 0 spiro atoms. The Morgan fingerprint density at radius 1 is 1.14 bits per heavy atom. The molecule has 1 N–H and O–H groups in total. The number of pyridine rings is 1. The zero-order valence-electron chi connectivity index (χ0n) is 21.4. The molecule has 0 aliphatic rings. The van der Waals surface area contributed by atoms with Gasteiger partial charge in [-0.2, -0.15) is 0 Å². The fraction of sp³-hybridized carbons (Fsp3) is 0.393. The smallest absolute Gasteiger partial charge is 0.274 e. The van der Waals surface area contributed by atoms with E-state index in [0.717, 1.165) is 17.8 Å². The normalized spacial score (nSPS) is 11.5. The average Bonchev–Trinajstić information content (AvgIpc) is 3.11. The summed E-state index contributed by atoms with van der Waals surface area (Å²) in [5, 5.41) is 3.92. The maximum Gasteiger partial charge on any atom is 0.274 e. The lowest BCUT2D eigenvalue weighted by atomic mass is 10.2. The number of likely N-dealkylation sites (N-methyl/N-ethyl adjacent to an activating group) is 1. The topological polar surface area (TPSA) is 76.3 Å². The van der Waals surface area contributed by atoms with Crippen LogP contribution in [0.1, 0.15) is 44.4 Å². The van der Waals surface area contributed by atoms with E-state index in [1.165, 1.54) is 21.9 Å². The molecule has 0 fully saturated rings. The molecular weight excluding hydrogens is 440 g/mol. The monoisotopic (exact) mass is 476 g/mol. The van der Waals surface area contributed by atoms with Gasteiger partial charge in [0.2, 0.25) is 11.8 Å². The van der Waals surface area contributed by atoms with Gasteiger partial charge in [0.15, 0.2) is 0 Å². The fourth-order valence-corrected chi connectivity index (χ4v) is 4.02. The number of anilines is 1. The van der Waals surface area contributed by atoms with Crippen LogP contribution in [0.25, 0.3) is 10.9 Å². The van der Waals surface area contributed by atoms with Crippen molar-refractivity contribution < 1.29 is 9.59 Å². The van der Waals surface area contributed by atoms with E-state index < -0.39 is 0 Å². The molecule has 0 bridgehead atoms. The van der Waals surface area contributed by atoms with Gasteiger partial charge < -0.3 is 19.4 Å². The van der Waals surface area contributed by atoms with Crippen molar-refractivity contribution in [2.75, 3.05) is 19.4 Å². The molecule has 0 aliphatic heterocycles. The van der Waals surface area contributed by atoms with Crippen molar-refractivity contribution >= 4 is 28.4 Å². The Hall–Kier alpha value is -3.61. The van der Waals surface area contributed by atoms with Crippen LogP contribution in [0.15, 0.2) is 59.5 Å². The highest BCUT2D eigenvalue weighted by Crippen LogP contribution is 2.23. The van der Waals surface area contributed by atoms with Crippen LogP contribution in [0.3, 0.4) is 0 Å². The number of amides is 2. The fourth-order valence-electron chi connectivity index (χ4n) is 4.02. The minimum atomic E-state index is -0.227. The molecule has 0 radical (unpaired) electrons. The minimum Gasteiger partial charge on any atom is -0.345 e. The first-order chi connectivity index (χ1) is 16.7. The van der Waals surface area contributed by atoms with Gasteiger partial charge in [0.25, 0.3) is 5.56 Å². The summed E-state index contributed by atoms with van der Waals surface area (Å²) in [4.78, 5) is 38.5. The number of nitrogens with zero attached hydrogens (tertiary/aromatic N) is 3. The molecule has 7 heteroatoms. The molecule has 2 aromatic heterocycles. The second-order valence-corrected chi connectivity index (χ2v) is 9.63. The van der Waals surface area contributed by atoms with Crippen LogP contribution in [-0.2, 0) is 22.7 Å². The molecule has 0 aliphatic carbocycles. The summed E-state index contributed by atoms with van der Waals surface area (Å²) in [7, 11) is 3.38. The van der Waals surface area contributed by atoms with Gasteiger partial charge in [0, 0.05) is 49.9 Å². The zero-order chi connectivity index (χ0) is 25.5. The Bertz CT molecular complexity index is 1280. The van der Waals surface area contributed by atoms with E-state index in [0.29, 0.717) is 25.3 Å². The first-order valence-electron chi connectivity index (χ1n) is 12.1. The predicted molar refractivity (Wildman–Crippen MR) is 142 cm³/mol. The Morgan fingerprint density at radius 3 is 2.63 bits per heavy atom. The summed E-state index contributed by atoms with van der Waals surface area (Å²) in [6.45, 7) is 7.73. The summed E-state index contributed by atoms with van der Waals surface area (Å²) in [5.41, 5.74) is 3.47. The second kappa shape index (κ2) is 11.7.